The van der Waals surface area contributed by atoms with Gasteiger partial charge in [-0.2, -0.15) is 4.31 Å². The highest BCUT2D eigenvalue weighted by Crippen LogP contribution is 2.22. The average molecular weight is 429 g/mol. The summed E-state index contributed by atoms with van der Waals surface area (Å²) in [6.45, 7) is 10.1. The van der Waals surface area contributed by atoms with Crippen molar-refractivity contribution in [3.8, 4) is 0 Å². The summed E-state index contributed by atoms with van der Waals surface area (Å²) in [5.74, 6) is 1.27. The first-order chi connectivity index (χ1) is 13.2. The SMILES string of the molecule is C[C@@H]1C[C@@H](C)CN(C(=O)[C@@H](C)[NH+]2CCN(S(=O)(=O)c3cccc(Cl)c3)CC2)C1. The highest BCUT2D eigenvalue weighted by atomic mass is 35.5. The molecule has 0 aliphatic carbocycles. The number of hydrogen-bond donors (Lipinski definition) is 1. The van der Waals surface area contributed by atoms with E-state index in [-0.39, 0.29) is 16.8 Å². The van der Waals surface area contributed by atoms with Crippen LogP contribution in [0.4, 0.5) is 0 Å². The fraction of sp³-hybridized carbons (Fsp3) is 0.650. The Kier molecular flexibility index (Phi) is 6.69. The van der Waals surface area contributed by atoms with Crippen LogP contribution in [-0.4, -0.2) is 68.8 Å². The monoisotopic (exact) mass is 428 g/mol. The number of quaternary nitrogens is 1. The fourth-order valence-electron chi connectivity index (χ4n) is 4.51. The standard InChI is InChI=1S/C20H30ClN3O3S/c1-15-11-16(2)14-23(13-15)20(25)17(3)22-7-9-24(10-8-22)28(26,27)19-6-4-5-18(21)12-19/h4-6,12,15-17H,7-11,13-14H2,1-3H3/p+1/t15-,16-,17-/m1/s1. The topological polar surface area (TPSA) is 62.1 Å². The molecule has 1 amide bonds. The molecule has 28 heavy (non-hydrogen) atoms. The van der Waals surface area contributed by atoms with Gasteiger partial charge in [0, 0.05) is 18.1 Å². The molecule has 2 aliphatic rings. The molecule has 0 bridgehead atoms. The van der Waals surface area contributed by atoms with Crippen molar-refractivity contribution in [2.75, 3.05) is 39.3 Å². The largest absolute Gasteiger partial charge is 0.337 e. The average Bonchev–Trinajstić information content (AvgIpc) is 2.66. The summed E-state index contributed by atoms with van der Waals surface area (Å²) >= 11 is 5.95. The van der Waals surface area contributed by atoms with E-state index in [9.17, 15) is 13.2 Å². The molecule has 2 heterocycles. The van der Waals surface area contributed by atoms with Gasteiger partial charge in [0.15, 0.2) is 6.04 Å². The summed E-state index contributed by atoms with van der Waals surface area (Å²) in [5, 5.41) is 0.412. The number of carbonyl (C=O) groups excluding carboxylic acids is 1. The Morgan fingerprint density at radius 1 is 1.18 bits per heavy atom. The molecule has 3 rings (SSSR count). The molecule has 6 nitrogen and oxygen atoms in total. The maximum atomic E-state index is 13.0. The number of piperazine rings is 1. The van der Waals surface area contributed by atoms with Crippen molar-refractivity contribution in [3.05, 3.63) is 29.3 Å². The van der Waals surface area contributed by atoms with Crippen LogP contribution >= 0.6 is 11.6 Å². The van der Waals surface area contributed by atoms with Crippen LogP contribution in [0.5, 0.6) is 0 Å². The van der Waals surface area contributed by atoms with Gasteiger partial charge in [-0.15, -0.1) is 0 Å². The van der Waals surface area contributed by atoms with Gasteiger partial charge in [0.2, 0.25) is 10.0 Å². The molecule has 2 fully saturated rings. The minimum atomic E-state index is -3.55. The summed E-state index contributed by atoms with van der Waals surface area (Å²) in [6.07, 6.45) is 1.17. The first-order valence-electron chi connectivity index (χ1n) is 10.1. The van der Waals surface area contributed by atoms with Gasteiger partial charge in [-0.05, 0) is 43.4 Å². The number of benzene rings is 1. The van der Waals surface area contributed by atoms with Crippen molar-refractivity contribution in [3.63, 3.8) is 0 Å². The molecule has 0 radical (unpaired) electrons. The third kappa shape index (κ3) is 4.70. The summed E-state index contributed by atoms with van der Waals surface area (Å²) in [6, 6.07) is 6.23. The number of halogens is 1. The molecular weight excluding hydrogens is 398 g/mol. The molecule has 0 spiro atoms. The van der Waals surface area contributed by atoms with Crippen LogP contribution in [0.15, 0.2) is 29.2 Å². The zero-order chi connectivity index (χ0) is 20.5. The van der Waals surface area contributed by atoms with Crippen LogP contribution in [0.1, 0.15) is 27.2 Å². The van der Waals surface area contributed by atoms with Crippen LogP contribution in [-0.2, 0) is 14.8 Å². The molecule has 1 aromatic carbocycles. The van der Waals surface area contributed by atoms with E-state index < -0.39 is 10.0 Å². The number of piperidine rings is 1. The molecule has 2 saturated heterocycles. The second kappa shape index (κ2) is 8.69. The Labute approximate surface area is 173 Å². The van der Waals surface area contributed by atoms with Crippen molar-refractivity contribution >= 4 is 27.5 Å². The molecule has 1 aromatic rings. The lowest BCUT2D eigenvalue weighted by molar-refractivity contribution is -0.918. The normalized spacial score (nSPS) is 26.2. The van der Waals surface area contributed by atoms with Crippen molar-refractivity contribution in [2.24, 2.45) is 11.8 Å². The lowest BCUT2D eigenvalue weighted by atomic mass is 9.91. The number of likely N-dealkylation sites (tertiary alicyclic amines) is 1. The lowest BCUT2D eigenvalue weighted by Gasteiger charge is -2.39. The summed E-state index contributed by atoms with van der Waals surface area (Å²) in [5.41, 5.74) is 0. The van der Waals surface area contributed by atoms with Gasteiger partial charge >= 0.3 is 0 Å². The van der Waals surface area contributed by atoms with Crippen LogP contribution in [0, 0.1) is 11.8 Å². The number of sulfonamides is 1. The minimum Gasteiger partial charge on any atom is -0.337 e. The third-order valence-electron chi connectivity index (χ3n) is 5.96. The molecule has 0 aromatic heterocycles. The van der Waals surface area contributed by atoms with Crippen molar-refractivity contribution in [2.45, 2.75) is 38.1 Å². The van der Waals surface area contributed by atoms with Crippen molar-refractivity contribution in [1.82, 2.24) is 9.21 Å². The zero-order valence-electron chi connectivity index (χ0n) is 16.9. The van der Waals surface area contributed by atoms with Gasteiger partial charge < -0.3 is 9.80 Å². The van der Waals surface area contributed by atoms with Crippen LogP contribution in [0.2, 0.25) is 5.02 Å². The maximum Gasteiger partial charge on any atom is 0.280 e. The van der Waals surface area contributed by atoms with E-state index in [0.29, 0.717) is 43.0 Å². The number of amides is 1. The minimum absolute atomic E-state index is 0.145. The highest BCUT2D eigenvalue weighted by molar-refractivity contribution is 7.89. The van der Waals surface area contributed by atoms with Gasteiger partial charge in [0.05, 0.1) is 31.1 Å². The van der Waals surface area contributed by atoms with Gasteiger partial charge in [0.1, 0.15) is 0 Å². The van der Waals surface area contributed by atoms with E-state index in [0.717, 1.165) is 18.0 Å². The van der Waals surface area contributed by atoms with Crippen LogP contribution < -0.4 is 4.90 Å². The second-order valence-electron chi connectivity index (χ2n) is 8.43. The second-order valence-corrected chi connectivity index (χ2v) is 10.8. The Morgan fingerprint density at radius 2 is 1.79 bits per heavy atom. The first kappa shape index (κ1) is 21.6. The van der Waals surface area contributed by atoms with E-state index >= 15 is 0 Å². The molecular formula is C20H31ClN3O3S+. The lowest BCUT2D eigenvalue weighted by Crippen LogP contribution is -3.19. The summed E-state index contributed by atoms with van der Waals surface area (Å²) < 4.78 is 27.2. The predicted molar refractivity (Wildman–Crippen MR) is 110 cm³/mol. The van der Waals surface area contributed by atoms with E-state index in [1.54, 1.807) is 18.2 Å². The zero-order valence-corrected chi connectivity index (χ0v) is 18.5. The third-order valence-corrected chi connectivity index (χ3v) is 8.09. The molecule has 2 aliphatic heterocycles. The predicted octanol–water partition coefficient (Wildman–Crippen LogP) is 1.12. The first-order valence-corrected chi connectivity index (χ1v) is 11.9. The Hall–Kier alpha value is -1.15. The van der Waals surface area contributed by atoms with Crippen molar-refractivity contribution < 1.29 is 18.1 Å². The number of hydrogen-bond acceptors (Lipinski definition) is 3. The number of nitrogens with one attached hydrogen (secondary N) is 1. The quantitative estimate of drug-likeness (QED) is 0.781. The Bertz CT molecular complexity index is 799. The number of nitrogens with zero attached hydrogens (tertiary/aromatic N) is 2. The highest BCUT2D eigenvalue weighted by Gasteiger charge is 2.37. The van der Waals surface area contributed by atoms with Gasteiger partial charge in [0.25, 0.3) is 5.91 Å². The fourth-order valence-corrected chi connectivity index (χ4v) is 6.26. The Balaban J connectivity index is 1.61. The van der Waals surface area contributed by atoms with Gasteiger partial charge in [-0.25, -0.2) is 8.42 Å². The van der Waals surface area contributed by atoms with E-state index in [4.69, 9.17) is 11.6 Å². The van der Waals surface area contributed by atoms with Crippen LogP contribution in [0.3, 0.4) is 0 Å². The van der Waals surface area contributed by atoms with Crippen molar-refractivity contribution in [1.29, 1.82) is 0 Å². The molecule has 8 heteroatoms. The summed E-state index contributed by atoms with van der Waals surface area (Å²) in [4.78, 5) is 16.4. The van der Waals surface area contributed by atoms with E-state index in [2.05, 4.69) is 13.8 Å². The smallest absolute Gasteiger partial charge is 0.280 e. The molecule has 0 saturated carbocycles. The van der Waals surface area contributed by atoms with E-state index in [1.807, 2.05) is 11.8 Å². The van der Waals surface area contributed by atoms with Gasteiger partial charge in [-0.3, -0.25) is 4.79 Å². The molecule has 0 unspecified atom stereocenters. The van der Waals surface area contributed by atoms with Gasteiger partial charge in [-0.1, -0.05) is 31.5 Å². The maximum absolute atomic E-state index is 13.0. The molecule has 1 N–H and O–H groups in total. The number of rotatable bonds is 4. The number of carbonyl (C=O) groups is 1. The molecule has 3 atom stereocenters. The molecule has 156 valence electrons. The van der Waals surface area contributed by atoms with Crippen LogP contribution in [0.25, 0.3) is 0 Å². The Morgan fingerprint density at radius 3 is 2.36 bits per heavy atom. The summed E-state index contributed by atoms with van der Waals surface area (Å²) in [7, 11) is -3.55. The van der Waals surface area contributed by atoms with E-state index in [1.165, 1.54) is 16.8 Å².